The van der Waals surface area contributed by atoms with Crippen LogP contribution in [0, 0.1) is 0 Å². The SMILES string of the molecule is CCC1C=CC(N)=N1. The summed E-state index contributed by atoms with van der Waals surface area (Å²) >= 11 is 0. The van der Waals surface area contributed by atoms with Gasteiger partial charge in [0, 0.05) is 0 Å². The third kappa shape index (κ3) is 0.886. The van der Waals surface area contributed by atoms with E-state index in [0.29, 0.717) is 11.9 Å². The van der Waals surface area contributed by atoms with Crippen LogP contribution < -0.4 is 5.73 Å². The van der Waals surface area contributed by atoms with E-state index in [1.165, 1.54) is 0 Å². The summed E-state index contributed by atoms with van der Waals surface area (Å²) in [6.45, 7) is 2.09. The highest BCUT2D eigenvalue weighted by Gasteiger charge is 2.03. The van der Waals surface area contributed by atoms with Crippen molar-refractivity contribution in [1.82, 2.24) is 0 Å². The van der Waals surface area contributed by atoms with Crippen LogP contribution in [0.4, 0.5) is 0 Å². The van der Waals surface area contributed by atoms with Gasteiger partial charge in [0.25, 0.3) is 0 Å². The molecule has 2 N–H and O–H groups in total. The molecular weight excluding hydrogens is 100 g/mol. The first-order valence-corrected chi connectivity index (χ1v) is 2.84. The van der Waals surface area contributed by atoms with Crippen LogP contribution >= 0.6 is 0 Å². The predicted octanol–water partition coefficient (Wildman–Crippen LogP) is 0.692. The third-order valence-corrected chi connectivity index (χ3v) is 1.22. The average Bonchev–Trinajstić information content (AvgIpc) is 2.14. The van der Waals surface area contributed by atoms with Crippen molar-refractivity contribution >= 4 is 5.84 Å². The number of amidine groups is 1. The van der Waals surface area contributed by atoms with E-state index in [1.807, 2.05) is 12.2 Å². The van der Waals surface area contributed by atoms with Crippen LogP contribution in [0.25, 0.3) is 0 Å². The van der Waals surface area contributed by atoms with Crippen LogP contribution in [0.3, 0.4) is 0 Å². The van der Waals surface area contributed by atoms with Crippen molar-refractivity contribution in [3.63, 3.8) is 0 Å². The molecule has 0 fully saturated rings. The molecule has 0 saturated heterocycles. The quantitative estimate of drug-likeness (QED) is 0.530. The molecule has 44 valence electrons. The van der Waals surface area contributed by atoms with Crippen molar-refractivity contribution in [3.05, 3.63) is 12.2 Å². The first-order valence-electron chi connectivity index (χ1n) is 2.84. The molecule has 1 aliphatic heterocycles. The largest absolute Gasteiger partial charge is 0.384 e. The first kappa shape index (κ1) is 5.35. The van der Waals surface area contributed by atoms with E-state index in [4.69, 9.17) is 5.73 Å². The van der Waals surface area contributed by atoms with Gasteiger partial charge in [-0.1, -0.05) is 13.0 Å². The molecule has 0 amide bonds. The van der Waals surface area contributed by atoms with Gasteiger partial charge in [-0.2, -0.15) is 0 Å². The highest BCUT2D eigenvalue weighted by atomic mass is 14.9. The van der Waals surface area contributed by atoms with E-state index < -0.39 is 0 Å². The van der Waals surface area contributed by atoms with Gasteiger partial charge >= 0.3 is 0 Å². The fraction of sp³-hybridized carbons (Fsp3) is 0.500. The smallest absolute Gasteiger partial charge is 0.118 e. The van der Waals surface area contributed by atoms with E-state index in [1.54, 1.807) is 0 Å². The standard InChI is InChI=1S/C6H10N2/c1-2-5-3-4-6(7)8-5/h3-5H,2H2,1H3,(H2,7,8). The van der Waals surface area contributed by atoms with Crippen molar-refractivity contribution in [3.8, 4) is 0 Å². The lowest BCUT2D eigenvalue weighted by molar-refractivity contribution is 0.796. The number of hydrogen-bond donors (Lipinski definition) is 1. The Morgan fingerprint density at radius 3 is 2.88 bits per heavy atom. The van der Waals surface area contributed by atoms with E-state index in [-0.39, 0.29) is 0 Å². The number of aliphatic imine (C=N–C) groups is 1. The summed E-state index contributed by atoms with van der Waals surface area (Å²) in [6.07, 6.45) is 4.93. The van der Waals surface area contributed by atoms with Crippen molar-refractivity contribution in [2.45, 2.75) is 19.4 Å². The van der Waals surface area contributed by atoms with Crippen LogP contribution in [0.2, 0.25) is 0 Å². The number of nitrogens with two attached hydrogens (primary N) is 1. The highest BCUT2D eigenvalue weighted by Crippen LogP contribution is 2.04. The molecule has 0 saturated carbocycles. The maximum Gasteiger partial charge on any atom is 0.118 e. The molecule has 1 aliphatic rings. The summed E-state index contributed by atoms with van der Waals surface area (Å²) in [6, 6.07) is 0.356. The molecule has 0 radical (unpaired) electrons. The van der Waals surface area contributed by atoms with E-state index >= 15 is 0 Å². The fourth-order valence-corrected chi connectivity index (χ4v) is 0.715. The molecule has 0 aliphatic carbocycles. The molecule has 1 unspecified atom stereocenters. The third-order valence-electron chi connectivity index (χ3n) is 1.22. The Balaban J connectivity index is 2.55. The molecule has 1 atom stereocenters. The van der Waals surface area contributed by atoms with Gasteiger partial charge in [-0.05, 0) is 12.5 Å². The lowest BCUT2D eigenvalue weighted by Gasteiger charge is -1.94. The fourth-order valence-electron chi connectivity index (χ4n) is 0.715. The van der Waals surface area contributed by atoms with E-state index in [2.05, 4.69) is 11.9 Å². The van der Waals surface area contributed by atoms with Gasteiger partial charge < -0.3 is 5.73 Å². The highest BCUT2D eigenvalue weighted by molar-refractivity contribution is 5.93. The lowest BCUT2D eigenvalue weighted by atomic mass is 10.2. The van der Waals surface area contributed by atoms with Gasteiger partial charge in [0.2, 0.25) is 0 Å². The Morgan fingerprint density at radius 2 is 2.62 bits per heavy atom. The summed E-state index contributed by atoms with van der Waals surface area (Å²) in [5.41, 5.74) is 5.36. The lowest BCUT2D eigenvalue weighted by Crippen LogP contribution is -2.05. The Kier molecular flexibility index (Phi) is 1.33. The predicted molar refractivity (Wildman–Crippen MR) is 34.8 cm³/mol. The van der Waals surface area contributed by atoms with Crippen LogP contribution in [-0.2, 0) is 0 Å². The van der Waals surface area contributed by atoms with Crippen molar-refractivity contribution in [2.75, 3.05) is 0 Å². The van der Waals surface area contributed by atoms with Gasteiger partial charge in [0.05, 0.1) is 6.04 Å². The molecule has 1 heterocycles. The van der Waals surface area contributed by atoms with Gasteiger partial charge in [-0.15, -0.1) is 0 Å². The van der Waals surface area contributed by atoms with Gasteiger partial charge in [0.15, 0.2) is 0 Å². The van der Waals surface area contributed by atoms with Crippen LogP contribution in [0.1, 0.15) is 13.3 Å². The number of nitrogens with zero attached hydrogens (tertiary/aromatic N) is 1. The van der Waals surface area contributed by atoms with Crippen LogP contribution in [0.5, 0.6) is 0 Å². The summed E-state index contributed by atoms with van der Waals surface area (Å²) in [5.74, 6) is 0.664. The van der Waals surface area contributed by atoms with Crippen molar-refractivity contribution < 1.29 is 0 Å². The molecule has 0 bridgehead atoms. The maximum atomic E-state index is 5.36. The zero-order valence-corrected chi connectivity index (χ0v) is 4.96. The van der Waals surface area contributed by atoms with Gasteiger partial charge in [-0.25, -0.2) is 0 Å². The molecule has 1 rings (SSSR count). The Bertz CT molecular complexity index is 135. The minimum Gasteiger partial charge on any atom is -0.384 e. The van der Waals surface area contributed by atoms with E-state index in [0.717, 1.165) is 6.42 Å². The molecule has 2 nitrogen and oxygen atoms in total. The summed E-state index contributed by atoms with van der Waals surface area (Å²) in [7, 11) is 0. The topological polar surface area (TPSA) is 38.4 Å². The number of rotatable bonds is 1. The Morgan fingerprint density at radius 1 is 1.88 bits per heavy atom. The first-order chi connectivity index (χ1) is 3.83. The zero-order chi connectivity index (χ0) is 5.98. The van der Waals surface area contributed by atoms with E-state index in [9.17, 15) is 0 Å². The molecule has 0 aromatic rings. The van der Waals surface area contributed by atoms with Gasteiger partial charge in [-0.3, -0.25) is 4.99 Å². The summed E-state index contributed by atoms with van der Waals surface area (Å²) in [5, 5.41) is 0. The van der Waals surface area contributed by atoms with Crippen LogP contribution in [0.15, 0.2) is 17.1 Å². The normalized spacial score (nSPS) is 26.1. The second-order valence-electron chi connectivity index (χ2n) is 1.89. The van der Waals surface area contributed by atoms with Crippen molar-refractivity contribution in [2.24, 2.45) is 10.7 Å². The minimum absolute atomic E-state index is 0.356. The monoisotopic (exact) mass is 110 g/mol. The molecule has 2 heteroatoms. The maximum absolute atomic E-state index is 5.36. The average molecular weight is 110 g/mol. The molecule has 0 spiro atoms. The number of hydrogen-bond acceptors (Lipinski definition) is 2. The minimum atomic E-state index is 0.356. The summed E-state index contributed by atoms with van der Waals surface area (Å²) in [4.78, 5) is 4.09. The zero-order valence-electron chi connectivity index (χ0n) is 4.96. The molecular formula is C6H10N2. The molecule has 0 aromatic heterocycles. The Hall–Kier alpha value is -0.790. The Labute approximate surface area is 49.1 Å². The summed E-state index contributed by atoms with van der Waals surface area (Å²) < 4.78 is 0. The second-order valence-corrected chi connectivity index (χ2v) is 1.89. The van der Waals surface area contributed by atoms with Crippen molar-refractivity contribution in [1.29, 1.82) is 0 Å². The molecule has 0 aromatic carbocycles. The molecule has 8 heavy (non-hydrogen) atoms. The van der Waals surface area contributed by atoms with Crippen LogP contribution in [-0.4, -0.2) is 11.9 Å². The van der Waals surface area contributed by atoms with Gasteiger partial charge in [0.1, 0.15) is 5.84 Å². The second kappa shape index (κ2) is 1.99.